The van der Waals surface area contributed by atoms with E-state index >= 15 is 4.39 Å². The molecule has 2 aromatic carbocycles. The minimum absolute atomic E-state index is 0.0190. The van der Waals surface area contributed by atoms with E-state index in [9.17, 15) is 9.90 Å². The van der Waals surface area contributed by atoms with E-state index in [4.69, 9.17) is 9.47 Å². The number of likely N-dealkylation sites (tertiary alicyclic amines) is 1. The van der Waals surface area contributed by atoms with Crippen molar-refractivity contribution in [3.8, 4) is 23.0 Å². The van der Waals surface area contributed by atoms with Crippen molar-refractivity contribution in [1.82, 2.24) is 24.8 Å². The predicted octanol–water partition coefficient (Wildman–Crippen LogP) is 5.73. The van der Waals surface area contributed by atoms with Gasteiger partial charge in [0.15, 0.2) is 5.82 Å². The third-order valence-electron chi connectivity index (χ3n) is 8.92. The SMILES string of the molecule is CC(C)(C)OC(=O)N1CC(Nc2nc(OCC34CCCN3CCC4)nc3c(F)c(-c4cc(O)cc5ccccc45)ncc23)C1. The van der Waals surface area contributed by atoms with E-state index in [1.807, 2.05) is 45.0 Å². The van der Waals surface area contributed by atoms with Crippen LogP contribution < -0.4 is 10.1 Å². The van der Waals surface area contributed by atoms with E-state index in [2.05, 4.69) is 25.2 Å². The summed E-state index contributed by atoms with van der Waals surface area (Å²) in [6, 6.07) is 10.6. The Kier molecular flexibility index (Phi) is 6.95. The van der Waals surface area contributed by atoms with Gasteiger partial charge in [-0.3, -0.25) is 9.88 Å². The van der Waals surface area contributed by atoms with Crippen LogP contribution in [0.4, 0.5) is 15.0 Å². The Morgan fingerprint density at radius 3 is 2.61 bits per heavy atom. The Bertz CT molecular complexity index is 1740. The average molecular weight is 601 g/mol. The molecule has 11 heteroatoms. The number of amides is 1. The molecular weight excluding hydrogens is 563 g/mol. The standard InChI is InChI=1S/C33H37FN6O4/c1-32(2,3)44-31(42)39-17-21(18-39)36-29-25-16-35-27(24-15-22(41)14-20-8-4-5-9-23(20)24)26(34)28(25)37-30(38-29)43-19-33-10-6-12-40(33)13-7-11-33/h4-5,8-9,14-16,21,41H,6-7,10-13,17-19H2,1-3H3,(H,36,37,38). The number of hydrogen-bond acceptors (Lipinski definition) is 9. The van der Waals surface area contributed by atoms with Crippen molar-refractivity contribution in [2.24, 2.45) is 0 Å². The number of rotatable bonds is 6. The second kappa shape index (κ2) is 10.7. The van der Waals surface area contributed by atoms with Crippen molar-refractivity contribution < 1.29 is 23.8 Å². The van der Waals surface area contributed by atoms with Crippen molar-refractivity contribution in [3.05, 3.63) is 48.4 Å². The number of carbonyl (C=O) groups is 1. The van der Waals surface area contributed by atoms with Crippen LogP contribution in [0.25, 0.3) is 32.9 Å². The van der Waals surface area contributed by atoms with Crippen LogP contribution in [0.3, 0.4) is 0 Å². The number of aromatic nitrogens is 3. The van der Waals surface area contributed by atoms with Crippen LogP contribution in [0.2, 0.25) is 0 Å². The van der Waals surface area contributed by atoms with Gasteiger partial charge in [0.25, 0.3) is 0 Å². The molecule has 3 aliphatic rings. The number of phenols is 1. The Labute approximate surface area is 255 Å². The minimum Gasteiger partial charge on any atom is -0.508 e. The first kappa shape index (κ1) is 28.5. The molecule has 5 heterocycles. The fourth-order valence-electron chi connectivity index (χ4n) is 6.79. The number of ether oxygens (including phenoxy) is 2. The number of anilines is 1. The van der Waals surface area contributed by atoms with E-state index in [1.54, 1.807) is 17.2 Å². The summed E-state index contributed by atoms with van der Waals surface area (Å²) in [7, 11) is 0. The van der Waals surface area contributed by atoms with Crippen molar-refractivity contribution in [3.63, 3.8) is 0 Å². The van der Waals surface area contributed by atoms with E-state index in [-0.39, 0.29) is 40.6 Å². The molecule has 0 spiro atoms. The second-order valence-corrected chi connectivity index (χ2v) is 13.2. The van der Waals surface area contributed by atoms with Gasteiger partial charge in [0.2, 0.25) is 0 Å². The molecule has 2 aromatic heterocycles. The molecule has 10 nitrogen and oxygen atoms in total. The molecule has 1 amide bonds. The minimum atomic E-state index is -0.626. The molecule has 0 atom stereocenters. The molecule has 3 aliphatic heterocycles. The molecule has 4 aromatic rings. The highest BCUT2D eigenvalue weighted by molar-refractivity contribution is 5.99. The lowest BCUT2D eigenvalue weighted by Crippen LogP contribution is -2.58. The molecule has 2 N–H and O–H groups in total. The molecule has 0 bridgehead atoms. The maximum Gasteiger partial charge on any atom is 0.410 e. The zero-order valence-corrected chi connectivity index (χ0v) is 25.3. The third kappa shape index (κ3) is 5.23. The number of aromatic hydroxyl groups is 1. The molecule has 0 radical (unpaired) electrons. The molecular formula is C33H37FN6O4. The normalized spacial score (nSPS) is 18.4. The summed E-state index contributed by atoms with van der Waals surface area (Å²) >= 11 is 0. The van der Waals surface area contributed by atoms with Crippen molar-refractivity contribution in [1.29, 1.82) is 0 Å². The van der Waals surface area contributed by atoms with Gasteiger partial charge < -0.3 is 24.8 Å². The number of phenolic OH excluding ortho intramolecular Hbond substituents is 1. The largest absolute Gasteiger partial charge is 0.508 e. The molecule has 7 rings (SSSR count). The first-order chi connectivity index (χ1) is 21.1. The summed E-state index contributed by atoms with van der Waals surface area (Å²) < 4.78 is 28.2. The number of benzene rings is 2. The highest BCUT2D eigenvalue weighted by atomic mass is 19.1. The molecule has 3 fully saturated rings. The average Bonchev–Trinajstić information content (AvgIpc) is 3.53. The van der Waals surface area contributed by atoms with Crippen LogP contribution in [0.5, 0.6) is 11.8 Å². The Balaban J connectivity index is 1.24. The van der Waals surface area contributed by atoms with E-state index in [0.29, 0.717) is 36.5 Å². The van der Waals surface area contributed by atoms with Gasteiger partial charge in [-0.2, -0.15) is 9.97 Å². The summed E-state index contributed by atoms with van der Waals surface area (Å²) in [5, 5.41) is 15.7. The maximum absolute atomic E-state index is 16.5. The smallest absolute Gasteiger partial charge is 0.410 e. The van der Waals surface area contributed by atoms with Crippen LogP contribution in [-0.2, 0) is 4.74 Å². The number of hydrogen-bond donors (Lipinski definition) is 2. The summed E-state index contributed by atoms with van der Waals surface area (Å²) in [6.45, 7) is 8.89. The summed E-state index contributed by atoms with van der Waals surface area (Å²) in [5.74, 6) is -0.214. The lowest BCUT2D eigenvalue weighted by molar-refractivity contribution is 0.0104. The van der Waals surface area contributed by atoms with Gasteiger partial charge in [0, 0.05) is 24.8 Å². The highest BCUT2D eigenvalue weighted by Gasteiger charge is 2.45. The van der Waals surface area contributed by atoms with Crippen molar-refractivity contribution in [2.75, 3.05) is 38.1 Å². The lowest BCUT2D eigenvalue weighted by Gasteiger charge is -2.40. The maximum atomic E-state index is 16.5. The molecule has 0 saturated carbocycles. The fourth-order valence-corrected chi connectivity index (χ4v) is 6.79. The zero-order chi connectivity index (χ0) is 30.6. The topological polar surface area (TPSA) is 113 Å². The van der Waals surface area contributed by atoms with Crippen LogP contribution in [0, 0.1) is 5.82 Å². The van der Waals surface area contributed by atoms with Gasteiger partial charge in [0.1, 0.15) is 35.0 Å². The Morgan fingerprint density at radius 2 is 1.86 bits per heavy atom. The molecule has 230 valence electrons. The van der Waals surface area contributed by atoms with Crippen molar-refractivity contribution >= 4 is 33.6 Å². The predicted molar refractivity (Wildman–Crippen MR) is 165 cm³/mol. The first-order valence-electron chi connectivity index (χ1n) is 15.3. The monoisotopic (exact) mass is 600 g/mol. The summed E-state index contributed by atoms with van der Waals surface area (Å²) in [4.78, 5) is 30.4. The van der Waals surface area contributed by atoms with E-state index in [1.165, 1.54) is 6.07 Å². The number of nitrogens with one attached hydrogen (secondary N) is 1. The number of nitrogens with zero attached hydrogens (tertiary/aromatic N) is 5. The van der Waals surface area contributed by atoms with Crippen LogP contribution in [-0.4, -0.2) is 85.9 Å². The zero-order valence-electron chi connectivity index (χ0n) is 25.3. The van der Waals surface area contributed by atoms with Crippen LogP contribution in [0.1, 0.15) is 46.5 Å². The first-order valence-corrected chi connectivity index (χ1v) is 15.3. The summed E-state index contributed by atoms with van der Waals surface area (Å²) in [5.41, 5.74) is 0.00642. The van der Waals surface area contributed by atoms with Gasteiger partial charge in [-0.1, -0.05) is 24.3 Å². The quantitative estimate of drug-likeness (QED) is 0.287. The molecule has 0 aliphatic carbocycles. The van der Waals surface area contributed by atoms with Gasteiger partial charge in [-0.15, -0.1) is 0 Å². The van der Waals surface area contributed by atoms with Crippen molar-refractivity contribution in [2.45, 2.75) is 63.6 Å². The number of halogens is 1. The molecule has 3 saturated heterocycles. The Hall–Kier alpha value is -4.25. The summed E-state index contributed by atoms with van der Waals surface area (Å²) in [6.07, 6.45) is 5.55. The van der Waals surface area contributed by atoms with Crippen LogP contribution >= 0.6 is 0 Å². The lowest BCUT2D eigenvalue weighted by atomic mass is 9.95. The molecule has 44 heavy (non-hydrogen) atoms. The fraction of sp³-hybridized carbons (Fsp3) is 0.455. The van der Waals surface area contributed by atoms with Gasteiger partial charge in [-0.05, 0) is 82.4 Å². The highest BCUT2D eigenvalue weighted by Crippen LogP contribution is 2.40. The van der Waals surface area contributed by atoms with E-state index in [0.717, 1.165) is 49.5 Å². The molecule has 0 unspecified atom stereocenters. The third-order valence-corrected chi connectivity index (χ3v) is 8.92. The second-order valence-electron chi connectivity index (χ2n) is 13.2. The van der Waals surface area contributed by atoms with Gasteiger partial charge in [-0.25, -0.2) is 9.18 Å². The number of pyridine rings is 1. The van der Waals surface area contributed by atoms with Gasteiger partial charge >= 0.3 is 12.1 Å². The number of carbonyl (C=O) groups excluding carboxylic acids is 1. The number of fused-ring (bicyclic) bond motifs is 3. The van der Waals surface area contributed by atoms with E-state index < -0.39 is 11.4 Å². The van der Waals surface area contributed by atoms with Gasteiger partial charge in [0.05, 0.1) is 17.0 Å². The van der Waals surface area contributed by atoms with Crippen LogP contribution in [0.15, 0.2) is 42.6 Å². The Morgan fingerprint density at radius 1 is 1.11 bits per heavy atom.